The van der Waals surface area contributed by atoms with Gasteiger partial charge >= 0.3 is 0 Å². The average Bonchev–Trinajstić information content (AvgIpc) is 3.07. The summed E-state index contributed by atoms with van der Waals surface area (Å²) in [4.78, 5) is 24.2. The Hall–Kier alpha value is -3.22. The van der Waals surface area contributed by atoms with Gasteiger partial charge in [0.15, 0.2) is 6.61 Å². The minimum Gasteiger partial charge on any atom is -0.484 e. The number of hydrogen-bond donors (Lipinski definition) is 1. The molecule has 24 heavy (non-hydrogen) atoms. The van der Waals surface area contributed by atoms with Crippen molar-refractivity contribution >= 4 is 11.7 Å². The lowest BCUT2D eigenvalue weighted by molar-refractivity contribution is -0.118. The first-order chi connectivity index (χ1) is 11.6. The molecule has 0 radical (unpaired) electrons. The van der Waals surface area contributed by atoms with Crippen molar-refractivity contribution in [1.82, 2.24) is 19.5 Å². The van der Waals surface area contributed by atoms with Crippen molar-refractivity contribution in [2.45, 2.75) is 13.8 Å². The SMILES string of the molecule is Cc1cc(C)cc(OCC(=O)Nc2cc(-n3ccnc3)ncn2)c1. The summed E-state index contributed by atoms with van der Waals surface area (Å²) in [7, 11) is 0. The lowest BCUT2D eigenvalue weighted by Crippen LogP contribution is -2.21. The Bertz CT molecular complexity index is 826. The lowest BCUT2D eigenvalue weighted by atomic mass is 10.1. The summed E-state index contributed by atoms with van der Waals surface area (Å²) < 4.78 is 7.26. The number of carbonyl (C=O) groups is 1. The molecule has 0 aliphatic heterocycles. The van der Waals surface area contributed by atoms with Crippen LogP contribution in [-0.2, 0) is 4.79 Å². The lowest BCUT2D eigenvalue weighted by Gasteiger charge is -2.09. The summed E-state index contributed by atoms with van der Waals surface area (Å²) >= 11 is 0. The Kier molecular flexibility index (Phi) is 4.51. The van der Waals surface area contributed by atoms with Gasteiger partial charge in [-0.1, -0.05) is 6.07 Å². The summed E-state index contributed by atoms with van der Waals surface area (Å²) in [6.45, 7) is 3.88. The third-order valence-electron chi connectivity index (χ3n) is 3.25. The summed E-state index contributed by atoms with van der Waals surface area (Å²) in [5.41, 5.74) is 2.18. The van der Waals surface area contributed by atoms with E-state index in [1.165, 1.54) is 6.33 Å². The van der Waals surface area contributed by atoms with Crippen LogP contribution in [-0.4, -0.2) is 32.0 Å². The molecule has 1 aromatic carbocycles. The Morgan fingerprint density at radius 1 is 1.17 bits per heavy atom. The van der Waals surface area contributed by atoms with Gasteiger partial charge in [0.2, 0.25) is 0 Å². The van der Waals surface area contributed by atoms with Crippen molar-refractivity contribution < 1.29 is 9.53 Å². The summed E-state index contributed by atoms with van der Waals surface area (Å²) in [5.74, 6) is 1.41. The largest absolute Gasteiger partial charge is 0.484 e. The number of carbonyl (C=O) groups excluding carboxylic acids is 1. The predicted molar refractivity (Wildman–Crippen MR) is 89.2 cm³/mol. The second-order valence-electron chi connectivity index (χ2n) is 5.39. The van der Waals surface area contributed by atoms with Crippen LogP contribution in [0.15, 0.2) is 49.3 Å². The van der Waals surface area contributed by atoms with E-state index in [2.05, 4.69) is 20.3 Å². The molecule has 0 bridgehead atoms. The molecular formula is C17H17N5O2. The van der Waals surface area contributed by atoms with Crippen LogP contribution in [0.5, 0.6) is 5.75 Å². The van der Waals surface area contributed by atoms with Crippen LogP contribution < -0.4 is 10.1 Å². The zero-order valence-corrected chi connectivity index (χ0v) is 13.4. The van der Waals surface area contributed by atoms with Crippen molar-refractivity contribution in [2.24, 2.45) is 0 Å². The average molecular weight is 323 g/mol. The number of imidazole rings is 1. The molecule has 0 spiro atoms. The molecule has 7 heteroatoms. The topological polar surface area (TPSA) is 81.9 Å². The molecule has 122 valence electrons. The van der Waals surface area contributed by atoms with Crippen molar-refractivity contribution in [2.75, 3.05) is 11.9 Å². The maximum absolute atomic E-state index is 12.0. The van der Waals surface area contributed by atoms with Crippen LogP contribution in [0, 0.1) is 13.8 Å². The highest BCUT2D eigenvalue weighted by molar-refractivity contribution is 5.91. The normalized spacial score (nSPS) is 10.4. The van der Waals surface area contributed by atoms with Gasteiger partial charge in [-0.05, 0) is 37.1 Å². The van der Waals surface area contributed by atoms with Crippen LogP contribution in [0.25, 0.3) is 5.82 Å². The number of benzene rings is 1. The van der Waals surface area contributed by atoms with E-state index in [1.54, 1.807) is 29.4 Å². The zero-order chi connectivity index (χ0) is 16.9. The quantitative estimate of drug-likeness (QED) is 0.779. The molecule has 1 N–H and O–H groups in total. The van der Waals surface area contributed by atoms with Gasteiger partial charge in [-0.25, -0.2) is 15.0 Å². The van der Waals surface area contributed by atoms with Crippen molar-refractivity contribution in [3.63, 3.8) is 0 Å². The zero-order valence-electron chi connectivity index (χ0n) is 13.4. The van der Waals surface area contributed by atoms with Gasteiger partial charge in [0, 0.05) is 18.5 Å². The molecule has 2 heterocycles. The first-order valence-corrected chi connectivity index (χ1v) is 7.41. The van der Waals surface area contributed by atoms with E-state index in [0.29, 0.717) is 17.4 Å². The number of hydrogen-bond acceptors (Lipinski definition) is 5. The van der Waals surface area contributed by atoms with Gasteiger partial charge in [0.05, 0.1) is 0 Å². The van der Waals surface area contributed by atoms with E-state index in [9.17, 15) is 4.79 Å². The summed E-state index contributed by atoms with van der Waals surface area (Å²) in [6, 6.07) is 7.49. The second-order valence-corrected chi connectivity index (χ2v) is 5.39. The maximum atomic E-state index is 12.0. The van der Waals surface area contributed by atoms with Crippen LogP contribution >= 0.6 is 0 Å². The van der Waals surface area contributed by atoms with Crippen LogP contribution in [0.2, 0.25) is 0 Å². The molecule has 1 amide bonds. The second kappa shape index (κ2) is 6.91. The monoisotopic (exact) mass is 323 g/mol. The first kappa shape index (κ1) is 15.7. The molecule has 0 fully saturated rings. The molecule has 7 nitrogen and oxygen atoms in total. The summed E-state index contributed by atoms with van der Waals surface area (Å²) in [6.07, 6.45) is 6.42. The minimum absolute atomic E-state index is 0.0900. The van der Waals surface area contributed by atoms with Crippen LogP contribution in [0.1, 0.15) is 11.1 Å². The minimum atomic E-state index is -0.288. The third kappa shape index (κ3) is 3.95. The number of ether oxygens (including phenoxy) is 1. The van der Waals surface area contributed by atoms with Crippen LogP contribution in [0.3, 0.4) is 0 Å². The molecule has 0 unspecified atom stereocenters. The number of anilines is 1. The highest BCUT2D eigenvalue weighted by atomic mass is 16.5. The van der Waals surface area contributed by atoms with E-state index in [4.69, 9.17) is 4.74 Å². The van der Waals surface area contributed by atoms with Gasteiger partial charge < -0.3 is 10.1 Å². The van der Waals surface area contributed by atoms with Gasteiger partial charge in [-0.2, -0.15) is 0 Å². The number of rotatable bonds is 5. The van der Waals surface area contributed by atoms with E-state index < -0.39 is 0 Å². The molecule has 3 rings (SSSR count). The molecule has 0 saturated heterocycles. The van der Waals surface area contributed by atoms with Crippen molar-refractivity contribution in [3.05, 3.63) is 60.4 Å². The fraction of sp³-hybridized carbons (Fsp3) is 0.176. The summed E-state index contributed by atoms with van der Waals surface area (Å²) in [5, 5.41) is 2.69. The highest BCUT2D eigenvalue weighted by Crippen LogP contribution is 2.16. The number of nitrogens with one attached hydrogen (secondary N) is 1. The molecule has 3 aromatic rings. The van der Waals surface area contributed by atoms with Gasteiger partial charge in [0.25, 0.3) is 5.91 Å². The number of aryl methyl sites for hydroxylation is 2. The van der Waals surface area contributed by atoms with Crippen LogP contribution in [0.4, 0.5) is 5.82 Å². The standard InChI is InChI=1S/C17H17N5O2/c1-12-5-13(2)7-14(6-12)24-9-17(23)21-15-8-16(20-10-19-15)22-4-3-18-11-22/h3-8,10-11H,9H2,1-2H3,(H,19,20,21,23). The number of aromatic nitrogens is 4. The Labute approximate surface area is 139 Å². The molecular weight excluding hydrogens is 306 g/mol. The molecule has 0 saturated carbocycles. The Morgan fingerprint density at radius 3 is 2.67 bits per heavy atom. The van der Waals surface area contributed by atoms with E-state index in [1.807, 2.05) is 32.0 Å². The fourth-order valence-electron chi connectivity index (χ4n) is 2.30. The van der Waals surface area contributed by atoms with Gasteiger partial charge in [0.1, 0.15) is 30.0 Å². The van der Waals surface area contributed by atoms with E-state index in [-0.39, 0.29) is 12.5 Å². The Morgan fingerprint density at radius 2 is 1.96 bits per heavy atom. The fourth-order valence-corrected chi connectivity index (χ4v) is 2.30. The third-order valence-corrected chi connectivity index (χ3v) is 3.25. The first-order valence-electron chi connectivity index (χ1n) is 7.41. The molecule has 0 aliphatic carbocycles. The highest BCUT2D eigenvalue weighted by Gasteiger charge is 2.07. The maximum Gasteiger partial charge on any atom is 0.263 e. The predicted octanol–water partition coefficient (Wildman–Crippen LogP) is 2.30. The number of amides is 1. The molecule has 2 aromatic heterocycles. The molecule has 0 aliphatic rings. The smallest absolute Gasteiger partial charge is 0.263 e. The van der Waals surface area contributed by atoms with Crippen molar-refractivity contribution in [1.29, 1.82) is 0 Å². The van der Waals surface area contributed by atoms with Crippen molar-refractivity contribution in [3.8, 4) is 11.6 Å². The van der Waals surface area contributed by atoms with E-state index >= 15 is 0 Å². The molecule has 0 atom stereocenters. The number of nitrogens with zero attached hydrogens (tertiary/aromatic N) is 4. The van der Waals surface area contributed by atoms with Gasteiger partial charge in [-0.3, -0.25) is 9.36 Å². The van der Waals surface area contributed by atoms with E-state index in [0.717, 1.165) is 11.1 Å². The van der Waals surface area contributed by atoms with Gasteiger partial charge in [-0.15, -0.1) is 0 Å². The Balaban J connectivity index is 1.62.